The van der Waals surface area contributed by atoms with Crippen LogP contribution in [0.4, 0.5) is 4.39 Å². The topological polar surface area (TPSA) is 61.9 Å². The summed E-state index contributed by atoms with van der Waals surface area (Å²) in [7, 11) is 0. The van der Waals surface area contributed by atoms with E-state index in [4.69, 9.17) is 4.74 Å². The maximum atomic E-state index is 14.5. The van der Waals surface area contributed by atoms with Crippen LogP contribution >= 0.6 is 0 Å². The van der Waals surface area contributed by atoms with Crippen LogP contribution in [0.2, 0.25) is 0 Å². The van der Waals surface area contributed by atoms with Crippen molar-refractivity contribution in [2.75, 3.05) is 45.9 Å². The number of hydrogen-bond donors (Lipinski definition) is 1. The first-order valence-corrected chi connectivity index (χ1v) is 9.13. The van der Waals surface area contributed by atoms with Crippen LogP contribution in [0.3, 0.4) is 0 Å². The number of ether oxygens (including phenoxy) is 1. The van der Waals surface area contributed by atoms with E-state index < -0.39 is 5.67 Å². The molecule has 2 aliphatic heterocycles. The van der Waals surface area contributed by atoms with E-state index in [1.54, 1.807) is 13.0 Å². The molecule has 142 valence electrons. The van der Waals surface area contributed by atoms with E-state index in [2.05, 4.69) is 10.2 Å². The number of benzene rings is 1. The predicted octanol–water partition coefficient (Wildman–Crippen LogP) is 1.21. The molecule has 1 N–H and O–H groups in total. The predicted molar refractivity (Wildman–Crippen MR) is 95.6 cm³/mol. The van der Waals surface area contributed by atoms with E-state index in [-0.39, 0.29) is 31.4 Å². The zero-order chi connectivity index (χ0) is 18.6. The van der Waals surface area contributed by atoms with Gasteiger partial charge in [-0.2, -0.15) is 0 Å². The van der Waals surface area contributed by atoms with Gasteiger partial charge in [0, 0.05) is 31.6 Å². The maximum absolute atomic E-state index is 14.5. The van der Waals surface area contributed by atoms with Gasteiger partial charge in [-0.3, -0.25) is 14.5 Å². The Kier molecular flexibility index (Phi) is 5.88. The summed E-state index contributed by atoms with van der Waals surface area (Å²) in [5.74, 6) is -0.341. The molecule has 0 atom stereocenters. The van der Waals surface area contributed by atoms with E-state index in [0.717, 1.165) is 38.4 Å². The van der Waals surface area contributed by atoms with Gasteiger partial charge in [0.2, 0.25) is 5.91 Å². The summed E-state index contributed by atoms with van der Waals surface area (Å²) >= 11 is 0. The van der Waals surface area contributed by atoms with E-state index in [9.17, 15) is 14.0 Å². The first-order chi connectivity index (χ1) is 12.5. The van der Waals surface area contributed by atoms with Crippen molar-refractivity contribution in [1.29, 1.82) is 0 Å². The standard InChI is InChI=1S/C19H26FN3O3/c1-2-17(24)21-12-19(20)13-23(14-19)18(25)16-5-3-4-15(10-16)11-22-6-8-26-9-7-22/h3-5,10H,2,6-9,11-14H2,1H3,(H,21,24). The van der Waals surface area contributed by atoms with Crippen molar-refractivity contribution in [3.8, 4) is 0 Å². The fraction of sp³-hybridized carbons (Fsp3) is 0.579. The highest BCUT2D eigenvalue weighted by Gasteiger charge is 2.46. The van der Waals surface area contributed by atoms with Gasteiger partial charge in [0.1, 0.15) is 0 Å². The molecule has 2 heterocycles. The zero-order valence-electron chi connectivity index (χ0n) is 15.2. The van der Waals surface area contributed by atoms with Crippen LogP contribution in [0.15, 0.2) is 24.3 Å². The molecule has 0 saturated carbocycles. The van der Waals surface area contributed by atoms with Crippen LogP contribution in [-0.2, 0) is 16.1 Å². The molecular formula is C19H26FN3O3. The van der Waals surface area contributed by atoms with Crippen molar-refractivity contribution in [3.05, 3.63) is 35.4 Å². The lowest BCUT2D eigenvalue weighted by Crippen LogP contribution is -2.65. The molecule has 6 nitrogen and oxygen atoms in total. The van der Waals surface area contributed by atoms with E-state index in [0.29, 0.717) is 12.0 Å². The molecule has 26 heavy (non-hydrogen) atoms. The highest BCUT2D eigenvalue weighted by atomic mass is 19.1. The summed E-state index contributed by atoms with van der Waals surface area (Å²) in [6, 6.07) is 7.52. The van der Waals surface area contributed by atoms with Gasteiger partial charge >= 0.3 is 0 Å². The third-order valence-corrected chi connectivity index (χ3v) is 4.84. The Morgan fingerprint density at radius 1 is 1.27 bits per heavy atom. The van der Waals surface area contributed by atoms with Crippen molar-refractivity contribution >= 4 is 11.8 Å². The Balaban J connectivity index is 1.54. The van der Waals surface area contributed by atoms with Crippen LogP contribution < -0.4 is 5.32 Å². The average molecular weight is 363 g/mol. The van der Waals surface area contributed by atoms with Gasteiger partial charge < -0.3 is 15.0 Å². The lowest BCUT2D eigenvalue weighted by atomic mass is 9.94. The molecule has 2 amide bonds. The number of alkyl halides is 1. The van der Waals surface area contributed by atoms with Crippen molar-refractivity contribution in [2.45, 2.75) is 25.6 Å². The van der Waals surface area contributed by atoms with Gasteiger partial charge in [-0.05, 0) is 17.7 Å². The summed E-state index contributed by atoms with van der Waals surface area (Å²) in [6.45, 7) is 5.74. The Labute approximate surface area is 153 Å². The van der Waals surface area contributed by atoms with Crippen molar-refractivity contribution in [3.63, 3.8) is 0 Å². The van der Waals surface area contributed by atoms with Crippen molar-refractivity contribution < 1.29 is 18.7 Å². The molecule has 0 unspecified atom stereocenters. The van der Waals surface area contributed by atoms with E-state index in [1.807, 2.05) is 18.2 Å². The van der Waals surface area contributed by atoms with Crippen molar-refractivity contribution in [1.82, 2.24) is 15.1 Å². The Morgan fingerprint density at radius 2 is 2.00 bits per heavy atom. The third kappa shape index (κ3) is 4.59. The second-order valence-corrected chi connectivity index (χ2v) is 7.03. The molecule has 2 saturated heterocycles. The van der Waals surface area contributed by atoms with Crippen LogP contribution in [0.1, 0.15) is 29.3 Å². The number of morpholine rings is 1. The molecule has 1 aromatic rings. The molecule has 2 aliphatic rings. The van der Waals surface area contributed by atoms with Crippen LogP contribution in [0.25, 0.3) is 0 Å². The third-order valence-electron chi connectivity index (χ3n) is 4.84. The number of hydrogen-bond acceptors (Lipinski definition) is 4. The van der Waals surface area contributed by atoms with Gasteiger partial charge in [0.25, 0.3) is 5.91 Å². The number of carbonyl (C=O) groups excluding carboxylic acids is 2. The highest BCUT2D eigenvalue weighted by molar-refractivity contribution is 5.95. The number of amides is 2. The van der Waals surface area contributed by atoms with Crippen LogP contribution in [-0.4, -0.2) is 73.2 Å². The smallest absolute Gasteiger partial charge is 0.254 e. The average Bonchev–Trinajstić information content (AvgIpc) is 2.64. The number of nitrogens with zero attached hydrogens (tertiary/aromatic N) is 2. The molecular weight excluding hydrogens is 337 g/mol. The number of halogens is 1. The second kappa shape index (κ2) is 8.14. The largest absolute Gasteiger partial charge is 0.379 e. The second-order valence-electron chi connectivity index (χ2n) is 7.03. The van der Waals surface area contributed by atoms with Gasteiger partial charge in [-0.15, -0.1) is 0 Å². The minimum Gasteiger partial charge on any atom is -0.379 e. The molecule has 7 heteroatoms. The van der Waals surface area contributed by atoms with E-state index >= 15 is 0 Å². The van der Waals surface area contributed by atoms with Crippen LogP contribution in [0.5, 0.6) is 0 Å². The molecule has 0 aromatic heterocycles. The first kappa shape index (κ1) is 18.8. The first-order valence-electron chi connectivity index (χ1n) is 9.13. The van der Waals surface area contributed by atoms with Gasteiger partial charge in [-0.1, -0.05) is 19.1 Å². The highest BCUT2D eigenvalue weighted by Crippen LogP contribution is 2.26. The van der Waals surface area contributed by atoms with Crippen molar-refractivity contribution in [2.24, 2.45) is 0 Å². The molecule has 0 bridgehead atoms. The summed E-state index contributed by atoms with van der Waals surface area (Å²) in [5.41, 5.74) is 0.127. The quantitative estimate of drug-likeness (QED) is 0.825. The SMILES string of the molecule is CCC(=O)NCC1(F)CN(C(=O)c2cccc(CN3CCOCC3)c2)C1. The molecule has 0 spiro atoms. The lowest BCUT2D eigenvalue weighted by Gasteiger charge is -2.44. The Bertz CT molecular complexity index is 655. The maximum Gasteiger partial charge on any atom is 0.254 e. The van der Waals surface area contributed by atoms with Gasteiger partial charge in [0.15, 0.2) is 5.67 Å². The van der Waals surface area contributed by atoms with Gasteiger partial charge in [0.05, 0.1) is 32.8 Å². The summed E-state index contributed by atoms with van der Waals surface area (Å²) in [4.78, 5) is 27.6. The summed E-state index contributed by atoms with van der Waals surface area (Å²) in [5, 5.41) is 2.56. The van der Waals surface area contributed by atoms with E-state index in [1.165, 1.54) is 4.90 Å². The molecule has 3 rings (SSSR count). The molecule has 0 radical (unpaired) electrons. The molecule has 1 aromatic carbocycles. The zero-order valence-corrected chi connectivity index (χ0v) is 15.2. The number of likely N-dealkylation sites (tertiary alicyclic amines) is 1. The number of rotatable bonds is 6. The number of carbonyl (C=O) groups is 2. The summed E-state index contributed by atoms with van der Waals surface area (Å²) in [6.07, 6.45) is 0.328. The minimum atomic E-state index is -1.52. The van der Waals surface area contributed by atoms with Crippen LogP contribution in [0, 0.1) is 0 Å². The lowest BCUT2D eigenvalue weighted by molar-refractivity contribution is -0.122. The monoisotopic (exact) mass is 363 g/mol. The summed E-state index contributed by atoms with van der Waals surface area (Å²) < 4.78 is 19.8. The fourth-order valence-electron chi connectivity index (χ4n) is 3.28. The fourth-order valence-corrected chi connectivity index (χ4v) is 3.28. The minimum absolute atomic E-state index is 0.0174. The Morgan fingerprint density at radius 3 is 2.69 bits per heavy atom. The normalized spacial score (nSPS) is 19.7. The molecule has 2 fully saturated rings. The Hall–Kier alpha value is -1.99. The van der Waals surface area contributed by atoms with Gasteiger partial charge in [-0.25, -0.2) is 4.39 Å². The number of nitrogens with one attached hydrogen (secondary N) is 1. The molecule has 0 aliphatic carbocycles.